The first-order valence-corrected chi connectivity index (χ1v) is 6.12. The summed E-state index contributed by atoms with van der Waals surface area (Å²) in [7, 11) is 0. The molecule has 1 saturated heterocycles. The largest absolute Gasteiger partial charge is 0.388 e. The summed E-state index contributed by atoms with van der Waals surface area (Å²) in [5.41, 5.74) is -0.809. The number of hydrogen-bond acceptors (Lipinski definition) is 3. The summed E-state index contributed by atoms with van der Waals surface area (Å²) in [5.74, 6) is -0.0317. The van der Waals surface area contributed by atoms with E-state index in [1.165, 1.54) is 0 Å². The minimum atomic E-state index is -0.809. The van der Waals surface area contributed by atoms with E-state index in [1.54, 1.807) is 6.92 Å². The number of amides is 1. The van der Waals surface area contributed by atoms with Crippen LogP contribution in [0.2, 0.25) is 0 Å². The Kier molecular flexibility index (Phi) is 4.74. The zero-order valence-electron chi connectivity index (χ0n) is 10.5. The molecule has 2 N–H and O–H groups in total. The molecule has 0 aromatic carbocycles. The van der Waals surface area contributed by atoms with Gasteiger partial charge in [0.2, 0.25) is 5.91 Å². The summed E-state index contributed by atoms with van der Waals surface area (Å²) in [6, 6.07) is 0. The molecule has 16 heavy (non-hydrogen) atoms. The number of hydrogen-bond donors (Lipinski definition) is 2. The third kappa shape index (κ3) is 3.46. The molecule has 94 valence electrons. The van der Waals surface area contributed by atoms with Crippen molar-refractivity contribution in [1.82, 2.24) is 5.32 Å². The van der Waals surface area contributed by atoms with Gasteiger partial charge in [-0.25, -0.2) is 0 Å². The van der Waals surface area contributed by atoms with Gasteiger partial charge < -0.3 is 15.2 Å². The molecule has 1 fully saturated rings. The number of ether oxygens (including phenoxy) is 1. The van der Waals surface area contributed by atoms with Crippen molar-refractivity contribution in [3.63, 3.8) is 0 Å². The standard InChI is InChI=1S/C12H23NO3/c1-4-10-9(6-7-16-10)11(14)13-8-12(3,15)5-2/h9-10,15H,4-8H2,1-3H3,(H,13,14). The summed E-state index contributed by atoms with van der Waals surface area (Å²) < 4.78 is 5.47. The second-order valence-electron chi connectivity index (χ2n) is 4.78. The Bertz CT molecular complexity index is 240. The van der Waals surface area contributed by atoms with Crippen LogP contribution < -0.4 is 5.32 Å². The van der Waals surface area contributed by atoms with E-state index < -0.39 is 5.60 Å². The van der Waals surface area contributed by atoms with Crippen LogP contribution >= 0.6 is 0 Å². The summed E-state index contributed by atoms with van der Waals surface area (Å²) >= 11 is 0. The van der Waals surface area contributed by atoms with Crippen LogP contribution in [-0.2, 0) is 9.53 Å². The van der Waals surface area contributed by atoms with E-state index in [9.17, 15) is 9.90 Å². The zero-order chi connectivity index (χ0) is 12.2. The van der Waals surface area contributed by atoms with Crippen molar-refractivity contribution in [3.8, 4) is 0 Å². The predicted octanol–water partition coefficient (Wildman–Crippen LogP) is 1.08. The Labute approximate surface area is 97.4 Å². The smallest absolute Gasteiger partial charge is 0.225 e. The van der Waals surface area contributed by atoms with Gasteiger partial charge in [0.05, 0.1) is 17.6 Å². The minimum Gasteiger partial charge on any atom is -0.388 e. The molecule has 4 heteroatoms. The molecule has 1 amide bonds. The van der Waals surface area contributed by atoms with Gasteiger partial charge in [0.1, 0.15) is 0 Å². The Morgan fingerprint density at radius 2 is 2.25 bits per heavy atom. The van der Waals surface area contributed by atoms with Gasteiger partial charge in [0.15, 0.2) is 0 Å². The Morgan fingerprint density at radius 3 is 2.81 bits per heavy atom. The highest BCUT2D eigenvalue weighted by Gasteiger charge is 2.33. The maximum absolute atomic E-state index is 11.9. The Morgan fingerprint density at radius 1 is 1.56 bits per heavy atom. The van der Waals surface area contributed by atoms with Crippen LogP contribution in [0, 0.1) is 5.92 Å². The molecule has 1 heterocycles. The van der Waals surface area contributed by atoms with Crippen molar-refractivity contribution in [2.45, 2.75) is 51.7 Å². The molecular weight excluding hydrogens is 206 g/mol. The Hall–Kier alpha value is -0.610. The maximum atomic E-state index is 11.9. The van der Waals surface area contributed by atoms with Crippen LogP contribution in [0.1, 0.15) is 40.0 Å². The first-order chi connectivity index (χ1) is 7.50. The fourth-order valence-electron chi connectivity index (χ4n) is 1.88. The van der Waals surface area contributed by atoms with Crippen molar-refractivity contribution in [2.75, 3.05) is 13.2 Å². The first-order valence-electron chi connectivity index (χ1n) is 6.12. The lowest BCUT2D eigenvalue weighted by molar-refractivity contribution is -0.127. The molecule has 0 aromatic rings. The highest BCUT2D eigenvalue weighted by atomic mass is 16.5. The number of rotatable bonds is 5. The summed E-state index contributed by atoms with van der Waals surface area (Å²) in [6.45, 7) is 6.64. The number of nitrogens with one attached hydrogen (secondary N) is 1. The van der Waals surface area contributed by atoms with Crippen LogP contribution in [0.3, 0.4) is 0 Å². The fraction of sp³-hybridized carbons (Fsp3) is 0.917. The molecular formula is C12H23NO3. The molecule has 4 nitrogen and oxygen atoms in total. The number of aliphatic hydroxyl groups is 1. The average molecular weight is 229 g/mol. The average Bonchev–Trinajstić information content (AvgIpc) is 2.74. The SMILES string of the molecule is CCC1OCCC1C(=O)NCC(C)(O)CC. The van der Waals surface area contributed by atoms with Crippen LogP contribution in [0.4, 0.5) is 0 Å². The quantitative estimate of drug-likeness (QED) is 0.741. The second-order valence-corrected chi connectivity index (χ2v) is 4.78. The molecule has 0 radical (unpaired) electrons. The van der Waals surface area contributed by atoms with Crippen LogP contribution in [0.25, 0.3) is 0 Å². The molecule has 0 spiro atoms. The van der Waals surface area contributed by atoms with Gasteiger partial charge in [-0.3, -0.25) is 4.79 Å². The van der Waals surface area contributed by atoms with E-state index in [0.29, 0.717) is 19.6 Å². The van der Waals surface area contributed by atoms with Gasteiger partial charge in [-0.15, -0.1) is 0 Å². The zero-order valence-corrected chi connectivity index (χ0v) is 10.5. The second kappa shape index (κ2) is 5.64. The highest BCUT2D eigenvalue weighted by Crippen LogP contribution is 2.23. The monoisotopic (exact) mass is 229 g/mol. The van der Waals surface area contributed by atoms with E-state index in [4.69, 9.17) is 4.74 Å². The molecule has 1 rings (SSSR count). The van der Waals surface area contributed by atoms with Crippen molar-refractivity contribution in [1.29, 1.82) is 0 Å². The van der Waals surface area contributed by atoms with Gasteiger partial charge in [-0.1, -0.05) is 13.8 Å². The molecule has 0 aliphatic carbocycles. The third-order valence-electron chi connectivity index (χ3n) is 3.35. The maximum Gasteiger partial charge on any atom is 0.225 e. The molecule has 3 atom stereocenters. The molecule has 0 saturated carbocycles. The van der Waals surface area contributed by atoms with Gasteiger partial charge in [-0.05, 0) is 26.2 Å². The molecule has 1 aliphatic heterocycles. The van der Waals surface area contributed by atoms with Gasteiger partial charge in [0, 0.05) is 13.2 Å². The van der Waals surface area contributed by atoms with E-state index in [1.807, 2.05) is 13.8 Å². The van der Waals surface area contributed by atoms with Gasteiger partial charge >= 0.3 is 0 Å². The molecule has 0 aromatic heterocycles. The summed E-state index contributed by atoms with van der Waals surface area (Å²) in [6.07, 6.45) is 2.33. The van der Waals surface area contributed by atoms with Crippen LogP contribution in [0.5, 0.6) is 0 Å². The van der Waals surface area contributed by atoms with Crippen molar-refractivity contribution >= 4 is 5.91 Å². The topological polar surface area (TPSA) is 58.6 Å². The normalized spacial score (nSPS) is 28.8. The van der Waals surface area contributed by atoms with Gasteiger partial charge in [-0.2, -0.15) is 0 Å². The molecule has 1 aliphatic rings. The van der Waals surface area contributed by atoms with E-state index in [0.717, 1.165) is 12.8 Å². The van der Waals surface area contributed by atoms with Gasteiger partial charge in [0.25, 0.3) is 0 Å². The third-order valence-corrected chi connectivity index (χ3v) is 3.35. The van der Waals surface area contributed by atoms with E-state index >= 15 is 0 Å². The van der Waals surface area contributed by atoms with E-state index in [2.05, 4.69) is 5.32 Å². The van der Waals surface area contributed by atoms with Crippen LogP contribution in [-0.4, -0.2) is 35.9 Å². The summed E-state index contributed by atoms with van der Waals surface area (Å²) in [5, 5.41) is 12.6. The van der Waals surface area contributed by atoms with Crippen molar-refractivity contribution in [2.24, 2.45) is 5.92 Å². The van der Waals surface area contributed by atoms with E-state index in [-0.39, 0.29) is 17.9 Å². The first kappa shape index (κ1) is 13.5. The van der Waals surface area contributed by atoms with Crippen molar-refractivity contribution in [3.05, 3.63) is 0 Å². The fourth-order valence-corrected chi connectivity index (χ4v) is 1.88. The summed E-state index contributed by atoms with van der Waals surface area (Å²) in [4.78, 5) is 11.9. The van der Waals surface area contributed by atoms with Crippen LogP contribution in [0.15, 0.2) is 0 Å². The number of carbonyl (C=O) groups is 1. The minimum absolute atomic E-state index is 0.0121. The number of carbonyl (C=O) groups excluding carboxylic acids is 1. The Balaban J connectivity index is 2.40. The molecule has 0 bridgehead atoms. The lowest BCUT2D eigenvalue weighted by Crippen LogP contribution is -2.43. The molecule has 3 unspecified atom stereocenters. The predicted molar refractivity (Wildman–Crippen MR) is 62.1 cm³/mol. The highest BCUT2D eigenvalue weighted by molar-refractivity contribution is 5.79. The van der Waals surface area contributed by atoms with Crippen molar-refractivity contribution < 1.29 is 14.6 Å². The lowest BCUT2D eigenvalue weighted by Gasteiger charge is -2.23. The lowest BCUT2D eigenvalue weighted by atomic mass is 9.97.